The van der Waals surface area contributed by atoms with E-state index in [9.17, 15) is 4.79 Å². The van der Waals surface area contributed by atoms with Gasteiger partial charge in [0.05, 0.1) is 6.20 Å². The van der Waals surface area contributed by atoms with Crippen LogP contribution in [0.2, 0.25) is 0 Å². The zero-order valence-corrected chi connectivity index (χ0v) is 10.3. The van der Waals surface area contributed by atoms with Crippen LogP contribution in [0.4, 0.5) is 0 Å². The molecule has 2 rings (SSSR count). The molecule has 0 aliphatic heterocycles. The van der Waals surface area contributed by atoms with Gasteiger partial charge in [-0.25, -0.2) is 4.68 Å². The molecule has 2 aromatic heterocycles. The highest BCUT2D eigenvalue weighted by Gasteiger charge is 2.03. The highest BCUT2D eigenvalue weighted by Crippen LogP contribution is 2.06. The second-order valence-electron chi connectivity index (χ2n) is 3.18. The summed E-state index contributed by atoms with van der Waals surface area (Å²) in [7, 11) is 0. The van der Waals surface area contributed by atoms with Crippen molar-refractivity contribution >= 4 is 22.6 Å². The number of hydrogen-bond donors (Lipinski definition) is 0. The average Bonchev–Trinajstić information content (AvgIpc) is 2.56. The minimum absolute atomic E-state index is 0.115. The number of rotatable bonds is 2. The molecule has 0 saturated carbocycles. The largest absolute Gasteiger partial charge is 0.464 e. The van der Waals surface area contributed by atoms with Gasteiger partial charge in [0, 0.05) is 9.64 Å². The number of aryl methyl sites for hydroxylation is 1. The molecule has 0 atom stereocenters. The fourth-order valence-electron chi connectivity index (χ4n) is 1.25. The van der Waals surface area contributed by atoms with Crippen molar-refractivity contribution in [3.05, 3.63) is 49.8 Å². The van der Waals surface area contributed by atoms with Gasteiger partial charge in [-0.15, -0.1) is 0 Å². The molecule has 0 fully saturated rings. The SMILES string of the molecule is Cc1ccc(Cn2ncc(I)cc2=O)o1. The fraction of sp³-hybridized carbons (Fsp3) is 0.200. The number of furan rings is 1. The van der Waals surface area contributed by atoms with E-state index in [4.69, 9.17) is 4.42 Å². The summed E-state index contributed by atoms with van der Waals surface area (Å²) >= 11 is 2.06. The Hall–Kier alpha value is -1.11. The molecule has 0 spiro atoms. The molecule has 0 radical (unpaired) electrons. The van der Waals surface area contributed by atoms with Gasteiger partial charge in [-0.3, -0.25) is 4.79 Å². The molecule has 78 valence electrons. The molecule has 0 unspecified atom stereocenters. The Morgan fingerprint density at radius 2 is 2.33 bits per heavy atom. The lowest BCUT2D eigenvalue weighted by Gasteiger charge is -2.00. The number of hydrogen-bond acceptors (Lipinski definition) is 3. The maximum absolute atomic E-state index is 11.5. The first-order valence-electron chi connectivity index (χ1n) is 4.43. The van der Waals surface area contributed by atoms with Gasteiger partial charge < -0.3 is 4.42 Å². The van der Waals surface area contributed by atoms with E-state index in [1.54, 1.807) is 12.3 Å². The number of aromatic nitrogens is 2. The van der Waals surface area contributed by atoms with Gasteiger partial charge >= 0.3 is 0 Å². The molecule has 2 aromatic rings. The lowest BCUT2D eigenvalue weighted by atomic mass is 10.4. The van der Waals surface area contributed by atoms with E-state index in [0.717, 1.165) is 15.1 Å². The molecule has 2 heterocycles. The first-order chi connectivity index (χ1) is 7.15. The molecular weight excluding hydrogens is 307 g/mol. The maximum atomic E-state index is 11.5. The summed E-state index contributed by atoms with van der Waals surface area (Å²) in [5, 5.41) is 4.02. The van der Waals surface area contributed by atoms with Gasteiger partial charge in [-0.05, 0) is 41.6 Å². The lowest BCUT2D eigenvalue weighted by Crippen LogP contribution is -2.22. The lowest BCUT2D eigenvalue weighted by molar-refractivity contribution is 0.452. The summed E-state index contributed by atoms with van der Waals surface area (Å²) in [4.78, 5) is 11.5. The first kappa shape index (κ1) is 10.4. The third kappa shape index (κ3) is 2.47. The standard InChI is InChI=1S/C10H9IN2O2/c1-7-2-3-9(15-7)6-13-10(14)4-8(11)5-12-13/h2-5H,6H2,1H3. The minimum Gasteiger partial charge on any atom is -0.464 e. The van der Waals surface area contributed by atoms with Gasteiger partial charge in [0.1, 0.15) is 18.1 Å². The van der Waals surface area contributed by atoms with E-state index in [1.807, 2.05) is 19.1 Å². The van der Waals surface area contributed by atoms with Crippen LogP contribution in [0, 0.1) is 10.5 Å². The minimum atomic E-state index is -0.115. The summed E-state index contributed by atoms with van der Waals surface area (Å²) in [5.74, 6) is 1.58. The smallest absolute Gasteiger partial charge is 0.268 e. The molecule has 0 N–H and O–H groups in total. The second kappa shape index (κ2) is 4.18. The van der Waals surface area contributed by atoms with Crippen molar-refractivity contribution in [2.75, 3.05) is 0 Å². The molecule has 15 heavy (non-hydrogen) atoms. The van der Waals surface area contributed by atoms with Crippen LogP contribution in [0.5, 0.6) is 0 Å². The Bertz CT molecular complexity index is 530. The Balaban J connectivity index is 2.28. The molecule has 5 heteroatoms. The zero-order valence-electron chi connectivity index (χ0n) is 8.11. The van der Waals surface area contributed by atoms with Crippen LogP contribution in [0.3, 0.4) is 0 Å². The Morgan fingerprint density at radius 1 is 1.53 bits per heavy atom. The van der Waals surface area contributed by atoms with Crippen molar-refractivity contribution in [2.24, 2.45) is 0 Å². The Labute approximate surface area is 100 Å². The molecule has 0 bridgehead atoms. The van der Waals surface area contributed by atoms with Crippen LogP contribution < -0.4 is 5.56 Å². The third-order valence-electron chi connectivity index (χ3n) is 1.94. The Kier molecular flexibility index (Phi) is 2.90. The van der Waals surface area contributed by atoms with E-state index >= 15 is 0 Å². The highest BCUT2D eigenvalue weighted by atomic mass is 127. The van der Waals surface area contributed by atoms with E-state index in [2.05, 4.69) is 27.7 Å². The van der Waals surface area contributed by atoms with E-state index in [0.29, 0.717) is 6.54 Å². The van der Waals surface area contributed by atoms with Crippen molar-refractivity contribution in [2.45, 2.75) is 13.5 Å². The zero-order chi connectivity index (χ0) is 10.8. The van der Waals surface area contributed by atoms with Crippen LogP contribution in [-0.2, 0) is 6.54 Å². The molecule has 0 saturated heterocycles. The fourth-order valence-corrected chi connectivity index (χ4v) is 1.64. The van der Waals surface area contributed by atoms with Crippen LogP contribution in [0.15, 0.2) is 33.6 Å². The van der Waals surface area contributed by atoms with Gasteiger partial charge in [-0.2, -0.15) is 5.10 Å². The van der Waals surface area contributed by atoms with Gasteiger partial charge in [0.15, 0.2) is 0 Å². The summed E-state index contributed by atoms with van der Waals surface area (Å²) in [6.45, 7) is 2.25. The molecule has 0 aliphatic rings. The van der Waals surface area contributed by atoms with Crippen LogP contribution >= 0.6 is 22.6 Å². The number of halogens is 1. The van der Waals surface area contributed by atoms with Crippen molar-refractivity contribution in [3.63, 3.8) is 0 Å². The summed E-state index contributed by atoms with van der Waals surface area (Å²) in [6, 6.07) is 5.26. The summed E-state index contributed by atoms with van der Waals surface area (Å²) < 4.78 is 7.58. The van der Waals surface area contributed by atoms with Gasteiger partial charge in [-0.1, -0.05) is 0 Å². The monoisotopic (exact) mass is 316 g/mol. The molecule has 0 aliphatic carbocycles. The van der Waals surface area contributed by atoms with Gasteiger partial charge in [0.2, 0.25) is 0 Å². The van der Waals surface area contributed by atoms with Crippen LogP contribution in [-0.4, -0.2) is 9.78 Å². The third-order valence-corrected chi connectivity index (χ3v) is 2.53. The summed E-state index contributed by atoms with van der Waals surface area (Å²) in [6.07, 6.45) is 1.65. The van der Waals surface area contributed by atoms with Crippen molar-refractivity contribution in [3.8, 4) is 0 Å². The maximum Gasteiger partial charge on any atom is 0.268 e. The highest BCUT2D eigenvalue weighted by molar-refractivity contribution is 14.1. The van der Waals surface area contributed by atoms with Gasteiger partial charge in [0.25, 0.3) is 5.56 Å². The summed E-state index contributed by atoms with van der Waals surface area (Å²) in [5.41, 5.74) is -0.115. The Morgan fingerprint density at radius 3 is 2.93 bits per heavy atom. The molecule has 0 aromatic carbocycles. The van der Waals surface area contributed by atoms with Crippen molar-refractivity contribution in [1.29, 1.82) is 0 Å². The topological polar surface area (TPSA) is 48.0 Å². The normalized spacial score (nSPS) is 10.5. The first-order valence-corrected chi connectivity index (χ1v) is 5.51. The van der Waals surface area contributed by atoms with E-state index < -0.39 is 0 Å². The second-order valence-corrected chi connectivity index (χ2v) is 4.43. The number of nitrogens with zero attached hydrogens (tertiary/aromatic N) is 2. The van der Waals surface area contributed by atoms with Crippen molar-refractivity contribution < 1.29 is 4.42 Å². The molecule has 0 amide bonds. The van der Waals surface area contributed by atoms with Crippen LogP contribution in [0.1, 0.15) is 11.5 Å². The predicted octanol–water partition coefficient (Wildman–Crippen LogP) is 1.80. The van der Waals surface area contributed by atoms with E-state index in [-0.39, 0.29) is 5.56 Å². The molecule has 4 nitrogen and oxygen atoms in total. The average molecular weight is 316 g/mol. The quantitative estimate of drug-likeness (QED) is 0.794. The molecular formula is C10H9IN2O2. The predicted molar refractivity (Wildman–Crippen MR) is 63.8 cm³/mol. The van der Waals surface area contributed by atoms with Crippen LogP contribution in [0.25, 0.3) is 0 Å². The van der Waals surface area contributed by atoms with Crippen molar-refractivity contribution in [1.82, 2.24) is 9.78 Å². The van der Waals surface area contributed by atoms with E-state index in [1.165, 1.54) is 4.68 Å².